The van der Waals surface area contributed by atoms with Crippen LogP contribution in [0.25, 0.3) is 6.08 Å². The van der Waals surface area contributed by atoms with Gasteiger partial charge in [-0.1, -0.05) is 17.7 Å². The Morgan fingerprint density at radius 3 is 2.91 bits per heavy atom. The molecule has 1 aromatic rings. The van der Waals surface area contributed by atoms with Gasteiger partial charge in [-0.15, -0.1) is 0 Å². The molecule has 0 amide bonds. The lowest BCUT2D eigenvalue weighted by atomic mass is 10.2. The Labute approximate surface area is 70.3 Å². The first-order chi connectivity index (χ1) is 5.24. The fourth-order valence-electron chi connectivity index (χ4n) is 0.781. The normalized spacial score (nSPS) is 10.8. The van der Waals surface area contributed by atoms with Crippen LogP contribution in [0.3, 0.4) is 0 Å². The van der Waals surface area contributed by atoms with E-state index in [0.717, 1.165) is 0 Å². The van der Waals surface area contributed by atoms with Crippen LogP contribution in [0.2, 0.25) is 5.02 Å². The second-order valence-corrected chi connectivity index (χ2v) is 2.51. The molecule has 1 radical (unpaired) electrons. The van der Waals surface area contributed by atoms with Gasteiger partial charge in [-0.25, -0.2) is 4.39 Å². The lowest BCUT2D eigenvalue weighted by molar-refractivity contribution is 0.627. The van der Waals surface area contributed by atoms with E-state index in [1.807, 2.05) is 0 Å². The summed E-state index contributed by atoms with van der Waals surface area (Å²) in [5.41, 5.74) is 0.661. The van der Waals surface area contributed by atoms with Gasteiger partial charge in [0.15, 0.2) is 0 Å². The molecular formula is C9H7ClF. The third-order valence-corrected chi connectivity index (χ3v) is 1.60. The van der Waals surface area contributed by atoms with E-state index in [2.05, 4.69) is 6.08 Å². The van der Waals surface area contributed by atoms with E-state index in [-0.39, 0.29) is 5.82 Å². The van der Waals surface area contributed by atoms with Crippen molar-refractivity contribution >= 4 is 17.7 Å². The molecule has 0 aliphatic rings. The Kier molecular flexibility index (Phi) is 2.66. The molecule has 0 bridgehead atoms. The van der Waals surface area contributed by atoms with Crippen LogP contribution in [0, 0.1) is 11.9 Å². The number of hydrogen-bond acceptors (Lipinski definition) is 0. The van der Waals surface area contributed by atoms with E-state index in [1.165, 1.54) is 18.2 Å². The Bertz CT molecular complexity index is 279. The van der Waals surface area contributed by atoms with Crippen molar-refractivity contribution in [2.24, 2.45) is 0 Å². The Hall–Kier alpha value is -0.820. The molecule has 0 unspecified atom stereocenters. The smallest absolute Gasteiger partial charge is 0.123 e. The topological polar surface area (TPSA) is 0 Å². The summed E-state index contributed by atoms with van der Waals surface area (Å²) >= 11 is 5.74. The molecule has 1 rings (SSSR count). The minimum atomic E-state index is -0.282. The van der Waals surface area contributed by atoms with Gasteiger partial charge >= 0.3 is 0 Å². The quantitative estimate of drug-likeness (QED) is 0.605. The molecule has 0 fully saturated rings. The Morgan fingerprint density at radius 1 is 1.55 bits per heavy atom. The van der Waals surface area contributed by atoms with Crippen LogP contribution in [0.15, 0.2) is 18.2 Å². The number of hydrogen-bond donors (Lipinski definition) is 0. The highest BCUT2D eigenvalue weighted by Gasteiger charge is 1.96. The molecule has 0 saturated carbocycles. The number of rotatable bonds is 1. The molecule has 1 aromatic carbocycles. The summed E-state index contributed by atoms with van der Waals surface area (Å²) in [6.07, 6.45) is 4.42. The van der Waals surface area contributed by atoms with Gasteiger partial charge in [0.2, 0.25) is 0 Å². The zero-order chi connectivity index (χ0) is 8.27. The molecule has 0 nitrogen and oxygen atoms in total. The van der Waals surface area contributed by atoms with E-state index in [0.29, 0.717) is 10.6 Å². The molecule has 2 heteroatoms. The minimum Gasteiger partial charge on any atom is -0.207 e. The van der Waals surface area contributed by atoms with Crippen LogP contribution in [-0.4, -0.2) is 0 Å². The summed E-state index contributed by atoms with van der Waals surface area (Å²) in [5, 5.41) is 0.542. The predicted octanol–water partition coefficient (Wildman–Crippen LogP) is 3.32. The van der Waals surface area contributed by atoms with Crippen molar-refractivity contribution in [1.29, 1.82) is 0 Å². The molecule has 0 saturated heterocycles. The maximum absolute atomic E-state index is 12.6. The molecule has 0 atom stereocenters. The van der Waals surface area contributed by atoms with Crippen molar-refractivity contribution in [3.8, 4) is 0 Å². The SMILES string of the molecule is C[C]=Cc1cc(F)ccc1Cl. The zero-order valence-corrected chi connectivity index (χ0v) is 6.82. The second kappa shape index (κ2) is 3.54. The standard InChI is InChI=1S/C9H7ClF/c1-2-3-7-6-8(11)4-5-9(7)10/h3-6H,1H3. The second-order valence-electron chi connectivity index (χ2n) is 2.10. The van der Waals surface area contributed by atoms with Gasteiger partial charge in [0, 0.05) is 5.02 Å². The maximum atomic E-state index is 12.6. The van der Waals surface area contributed by atoms with Crippen LogP contribution in [0.5, 0.6) is 0 Å². The average molecular weight is 170 g/mol. The van der Waals surface area contributed by atoms with Crippen molar-refractivity contribution in [3.63, 3.8) is 0 Å². The van der Waals surface area contributed by atoms with Gasteiger partial charge in [0.1, 0.15) is 5.82 Å². The Morgan fingerprint density at radius 2 is 2.27 bits per heavy atom. The largest absolute Gasteiger partial charge is 0.207 e. The lowest BCUT2D eigenvalue weighted by Crippen LogP contribution is -1.77. The van der Waals surface area contributed by atoms with Crippen LogP contribution < -0.4 is 0 Å². The first-order valence-electron chi connectivity index (χ1n) is 3.19. The number of allylic oxidation sites excluding steroid dienone is 1. The van der Waals surface area contributed by atoms with Crippen LogP contribution in [-0.2, 0) is 0 Å². The van der Waals surface area contributed by atoms with Crippen LogP contribution in [0.4, 0.5) is 4.39 Å². The molecule has 0 heterocycles. The van der Waals surface area contributed by atoms with E-state index in [4.69, 9.17) is 11.6 Å². The van der Waals surface area contributed by atoms with Gasteiger partial charge in [0.25, 0.3) is 0 Å². The van der Waals surface area contributed by atoms with Crippen LogP contribution >= 0.6 is 11.6 Å². The summed E-state index contributed by atoms with van der Waals surface area (Å²) in [5.74, 6) is -0.282. The van der Waals surface area contributed by atoms with E-state index >= 15 is 0 Å². The number of halogens is 2. The molecule has 11 heavy (non-hydrogen) atoms. The number of benzene rings is 1. The van der Waals surface area contributed by atoms with Crippen molar-refractivity contribution < 1.29 is 4.39 Å². The molecule has 0 N–H and O–H groups in total. The van der Waals surface area contributed by atoms with Crippen molar-refractivity contribution in [2.75, 3.05) is 0 Å². The van der Waals surface area contributed by atoms with Gasteiger partial charge in [-0.2, -0.15) is 0 Å². The zero-order valence-electron chi connectivity index (χ0n) is 6.07. The average Bonchev–Trinajstić information content (AvgIpc) is 1.98. The molecule has 0 aromatic heterocycles. The fourth-order valence-corrected chi connectivity index (χ4v) is 0.953. The first kappa shape index (κ1) is 8.28. The summed E-state index contributed by atoms with van der Waals surface area (Å²) in [6, 6.07) is 4.23. The molecule has 0 aliphatic carbocycles. The monoisotopic (exact) mass is 169 g/mol. The minimum absolute atomic E-state index is 0.282. The molecule has 0 spiro atoms. The van der Waals surface area contributed by atoms with Crippen LogP contribution in [0.1, 0.15) is 12.5 Å². The van der Waals surface area contributed by atoms with E-state index < -0.39 is 0 Å². The lowest BCUT2D eigenvalue weighted by Gasteiger charge is -1.96. The summed E-state index contributed by atoms with van der Waals surface area (Å²) in [7, 11) is 0. The summed E-state index contributed by atoms with van der Waals surface area (Å²) < 4.78 is 12.6. The summed E-state index contributed by atoms with van der Waals surface area (Å²) in [4.78, 5) is 0. The predicted molar refractivity (Wildman–Crippen MR) is 44.8 cm³/mol. The van der Waals surface area contributed by atoms with Gasteiger partial charge in [-0.3, -0.25) is 0 Å². The third kappa shape index (κ3) is 2.05. The Balaban J connectivity index is 3.12. The highest BCUT2D eigenvalue weighted by Crippen LogP contribution is 2.17. The maximum Gasteiger partial charge on any atom is 0.123 e. The highest BCUT2D eigenvalue weighted by atomic mass is 35.5. The fraction of sp³-hybridized carbons (Fsp3) is 0.111. The van der Waals surface area contributed by atoms with Gasteiger partial charge in [0.05, 0.1) is 0 Å². The first-order valence-corrected chi connectivity index (χ1v) is 3.57. The van der Waals surface area contributed by atoms with Crippen molar-refractivity contribution in [2.45, 2.75) is 6.92 Å². The molecular weight excluding hydrogens is 163 g/mol. The van der Waals surface area contributed by atoms with Gasteiger partial charge in [-0.05, 0) is 36.8 Å². The van der Waals surface area contributed by atoms with Gasteiger partial charge < -0.3 is 0 Å². The summed E-state index contributed by atoms with van der Waals surface area (Å²) in [6.45, 7) is 1.74. The molecule has 0 aliphatic heterocycles. The van der Waals surface area contributed by atoms with E-state index in [1.54, 1.807) is 13.0 Å². The van der Waals surface area contributed by atoms with E-state index in [9.17, 15) is 4.39 Å². The third-order valence-electron chi connectivity index (χ3n) is 1.26. The molecule has 57 valence electrons. The highest BCUT2D eigenvalue weighted by molar-refractivity contribution is 6.32. The van der Waals surface area contributed by atoms with Crippen molar-refractivity contribution in [3.05, 3.63) is 40.7 Å². The van der Waals surface area contributed by atoms with Crippen molar-refractivity contribution in [1.82, 2.24) is 0 Å².